The van der Waals surface area contributed by atoms with Crippen molar-refractivity contribution in [2.75, 3.05) is 32.7 Å². The summed E-state index contributed by atoms with van der Waals surface area (Å²) in [5.41, 5.74) is 1.21. The van der Waals surface area contributed by atoms with E-state index in [2.05, 4.69) is 30.2 Å². The van der Waals surface area contributed by atoms with Gasteiger partial charge >= 0.3 is 0 Å². The summed E-state index contributed by atoms with van der Waals surface area (Å²) in [7, 11) is 0. The molecule has 1 heterocycles. The standard InChI is InChI=1S/C9H18N2/c1-4-10-5-7-11(8-6-10)9(2)3/h2,4-8H2,1,3H3. The first-order valence-electron chi connectivity index (χ1n) is 4.37. The Balaban J connectivity index is 2.30. The first kappa shape index (κ1) is 8.60. The van der Waals surface area contributed by atoms with Gasteiger partial charge in [-0.05, 0) is 13.5 Å². The minimum atomic E-state index is 1.16. The van der Waals surface area contributed by atoms with Crippen LogP contribution in [0.1, 0.15) is 13.8 Å². The number of nitrogens with zero attached hydrogens (tertiary/aromatic N) is 2. The molecule has 0 aromatic heterocycles. The van der Waals surface area contributed by atoms with E-state index in [0.717, 1.165) is 13.1 Å². The summed E-state index contributed by atoms with van der Waals surface area (Å²) < 4.78 is 0. The maximum Gasteiger partial charge on any atom is 0.0303 e. The van der Waals surface area contributed by atoms with Crippen molar-refractivity contribution in [1.82, 2.24) is 9.80 Å². The summed E-state index contributed by atoms with van der Waals surface area (Å²) in [5, 5.41) is 0. The first-order chi connectivity index (χ1) is 5.24. The fourth-order valence-corrected chi connectivity index (χ4v) is 1.45. The maximum absolute atomic E-state index is 3.94. The number of hydrogen-bond donors (Lipinski definition) is 0. The maximum atomic E-state index is 3.94. The molecule has 0 aromatic rings. The van der Waals surface area contributed by atoms with Crippen LogP contribution in [-0.4, -0.2) is 42.5 Å². The Morgan fingerprint density at radius 3 is 2.18 bits per heavy atom. The molecule has 0 aliphatic carbocycles. The molecular formula is C9H18N2. The molecule has 11 heavy (non-hydrogen) atoms. The highest BCUT2D eigenvalue weighted by molar-refractivity contribution is 4.91. The summed E-state index contributed by atoms with van der Waals surface area (Å²) >= 11 is 0. The van der Waals surface area contributed by atoms with Crippen LogP contribution in [0, 0.1) is 0 Å². The zero-order valence-corrected chi connectivity index (χ0v) is 7.64. The van der Waals surface area contributed by atoms with Crippen LogP contribution in [0.15, 0.2) is 12.3 Å². The lowest BCUT2D eigenvalue weighted by Gasteiger charge is -2.35. The van der Waals surface area contributed by atoms with Crippen LogP contribution in [0.4, 0.5) is 0 Å². The summed E-state index contributed by atoms with van der Waals surface area (Å²) in [6.45, 7) is 14.1. The van der Waals surface area contributed by atoms with Gasteiger partial charge in [0, 0.05) is 31.9 Å². The van der Waals surface area contributed by atoms with Gasteiger partial charge < -0.3 is 9.80 Å². The van der Waals surface area contributed by atoms with Crippen LogP contribution < -0.4 is 0 Å². The molecule has 0 spiro atoms. The number of hydrogen-bond acceptors (Lipinski definition) is 2. The molecule has 2 heteroatoms. The van der Waals surface area contributed by atoms with Crippen molar-refractivity contribution in [3.05, 3.63) is 12.3 Å². The van der Waals surface area contributed by atoms with Crippen LogP contribution in [0.2, 0.25) is 0 Å². The normalized spacial score (nSPS) is 20.4. The second kappa shape index (κ2) is 3.77. The Morgan fingerprint density at radius 2 is 1.82 bits per heavy atom. The van der Waals surface area contributed by atoms with Crippen molar-refractivity contribution < 1.29 is 0 Å². The topological polar surface area (TPSA) is 6.48 Å². The molecular weight excluding hydrogens is 136 g/mol. The van der Waals surface area contributed by atoms with E-state index in [9.17, 15) is 0 Å². The molecule has 1 aliphatic rings. The lowest BCUT2D eigenvalue weighted by Crippen LogP contribution is -2.44. The molecule has 1 fully saturated rings. The molecule has 1 rings (SSSR count). The molecule has 64 valence electrons. The van der Waals surface area contributed by atoms with Gasteiger partial charge in [0.15, 0.2) is 0 Å². The van der Waals surface area contributed by atoms with Gasteiger partial charge in [-0.15, -0.1) is 0 Å². The largest absolute Gasteiger partial charge is 0.373 e. The zero-order chi connectivity index (χ0) is 8.27. The minimum absolute atomic E-state index is 1.16. The molecule has 1 aliphatic heterocycles. The van der Waals surface area contributed by atoms with E-state index in [0.29, 0.717) is 0 Å². The van der Waals surface area contributed by atoms with E-state index < -0.39 is 0 Å². The van der Waals surface area contributed by atoms with Crippen molar-refractivity contribution in [2.45, 2.75) is 13.8 Å². The second-order valence-electron chi connectivity index (χ2n) is 3.16. The van der Waals surface area contributed by atoms with Crippen LogP contribution in [0.3, 0.4) is 0 Å². The molecule has 0 N–H and O–H groups in total. The highest BCUT2D eigenvalue weighted by atomic mass is 15.3. The quantitative estimate of drug-likeness (QED) is 0.589. The molecule has 0 unspecified atom stereocenters. The van der Waals surface area contributed by atoms with Gasteiger partial charge in [0.2, 0.25) is 0 Å². The highest BCUT2D eigenvalue weighted by Gasteiger charge is 2.13. The van der Waals surface area contributed by atoms with Crippen molar-refractivity contribution >= 4 is 0 Å². The number of likely N-dealkylation sites (N-methyl/N-ethyl adjacent to an activating group) is 1. The number of piperazine rings is 1. The van der Waals surface area contributed by atoms with Crippen molar-refractivity contribution in [3.8, 4) is 0 Å². The molecule has 0 saturated carbocycles. The van der Waals surface area contributed by atoms with Crippen LogP contribution in [0.5, 0.6) is 0 Å². The van der Waals surface area contributed by atoms with Crippen LogP contribution >= 0.6 is 0 Å². The molecule has 0 atom stereocenters. The Bertz CT molecular complexity index is 134. The Kier molecular flexibility index (Phi) is 2.94. The SMILES string of the molecule is C=C(C)N1CCN(CC)CC1. The van der Waals surface area contributed by atoms with Crippen LogP contribution in [-0.2, 0) is 0 Å². The molecule has 0 bridgehead atoms. The first-order valence-corrected chi connectivity index (χ1v) is 4.37. The molecule has 0 amide bonds. The lowest BCUT2D eigenvalue weighted by atomic mass is 10.3. The van der Waals surface area contributed by atoms with Crippen LogP contribution in [0.25, 0.3) is 0 Å². The summed E-state index contributed by atoms with van der Waals surface area (Å²) in [6.07, 6.45) is 0. The van der Waals surface area contributed by atoms with E-state index in [-0.39, 0.29) is 0 Å². The van der Waals surface area contributed by atoms with E-state index in [1.54, 1.807) is 0 Å². The predicted octanol–water partition coefficient (Wildman–Crippen LogP) is 1.16. The molecule has 0 radical (unpaired) electrons. The number of allylic oxidation sites excluding steroid dienone is 1. The summed E-state index contributed by atoms with van der Waals surface area (Å²) in [4.78, 5) is 4.82. The van der Waals surface area contributed by atoms with E-state index in [1.165, 1.54) is 25.3 Å². The third kappa shape index (κ3) is 2.22. The van der Waals surface area contributed by atoms with Gasteiger partial charge in [-0.2, -0.15) is 0 Å². The average Bonchev–Trinajstić information content (AvgIpc) is 2.05. The van der Waals surface area contributed by atoms with Gasteiger partial charge in [0.05, 0.1) is 0 Å². The van der Waals surface area contributed by atoms with E-state index >= 15 is 0 Å². The van der Waals surface area contributed by atoms with Gasteiger partial charge in [-0.1, -0.05) is 13.5 Å². The second-order valence-corrected chi connectivity index (χ2v) is 3.16. The van der Waals surface area contributed by atoms with Crippen molar-refractivity contribution in [2.24, 2.45) is 0 Å². The van der Waals surface area contributed by atoms with Crippen molar-refractivity contribution in [1.29, 1.82) is 0 Å². The Labute approximate surface area is 69.5 Å². The average molecular weight is 154 g/mol. The highest BCUT2D eigenvalue weighted by Crippen LogP contribution is 2.05. The van der Waals surface area contributed by atoms with Gasteiger partial charge in [0.25, 0.3) is 0 Å². The molecule has 0 aromatic carbocycles. The number of rotatable bonds is 2. The Morgan fingerprint density at radius 1 is 1.27 bits per heavy atom. The monoisotopic (exact) mass is 154 g/mol. The third-order valence-corrected chi connectivity index (χ3v) is 2.36. The van der Waals surface area contributed by atoms with Crippen molar-refractivity contribution in [3.63, 3.8) is 0 Å². The minimum Gasteiger partial charge on any atom is -0.373 e. The zero-order valence-electron chi connectivity index (χ0n) is 7.64. The molecule has 2 nitrogen and oxygen atoms in total. The van der Waals surface area contributed by atoms with E-state index in [4.69, 9.17) is 0 Å². The summed E-state index contributed by atoms with van der Waals surface area (Å²) in [6, 6.07) is 0. The van der Waals surface area contributed by atoms with Gasteiger partial charge in [-0.25, -0.2) is 0 Å². The van der Waals surface area contributed by atoms with E-state index in [1.807, 2.05) is 0 Å². The summed E-state index contributed by atoms with van der Waals surface area (Å²) in [5.74, 6) is 0. The fourth-order valence-electron chi connectivity index (χ4n) is 1.45. The smallest absolute Gasteiger partial charge is 0.0303 e. The fraction of sp³-hybridized carbons (Fsp3) is 0.778. The van der Waals surface area contributed by atoms with Gasteiger partial charge in [-0.3, -0.25) is 0 Å². The predicted molar refractivity (Wildman–Crippen MR) is 48.5 cm³/mol. The lowest BCUT2D eigenvalue weighted by molar-refractivity contribution is 0.166. The molecule has 1 saturated heterocycles. The van der Waals surface area contributed by atoms with Gasteiger partial charge in [0.1, 0.15) is 0 Å². The third-order valence-electron chi connectivity index (χ3n) is 2.36. The Hall–Kier alpha value is -0.500.